The number of hydrogen-bond donors (Lipinski definition) is 2. The Morgan fingerprint density at radius 1 is 1.14 bits per heavy atom. The normalized spacial score (nSPS) is 13.8. The zero-order valence-electron chi connectivity index (χ0n) is 13.0. The number of aryl methyl sites for hydroxylation is 3. The van der Waals surface area contributed by atoms with Crippen LogP contribution in [0, 0.1) is 13.8 Å². The summed E-state index contributed by atoms with van der Waals surface area (Å²) < 4.78 is 12.2. The molecule has 0 saturated carbocycles. The van der Waals surface area contributed by atoms with Crippen molar-refractivity contribution in [2.24, 2.45) is 0 Å². The summed E-state index contributed by atoms with van der Waals surface area (Å²) in [6, 6.07) is 13.7. The van der Waals surface area contributed by atoms with Gasteiger partial charge in [-0.15, -0.1) is 0 Å². The predicted octanol–water partition coefficient (Wildman–Crippen LogP) is 3.92. The number of benzene rings is 2. The van der Waals surface area contributed by atoms with Crippen molar-refractivity contribution >= 4 is 22.6 Å². The third-order valence-corrected chi connectivity index (χ3v) is 4.89. The first-order chi connectivity index (χ1) is 10.5. The topological polar surface area (TPSA) is 41.1 Å². The molecule has 2 aromatic rings. The molecule has 5 heteroatoms. The second kappa shape index (κ2) is 7.88. The maximum Gasteiger partial charge on any atom is 0.138 e. The van der Waals surface area contributed by atoms with Gasteiger partial charge in [-0.05, 0) is 49.1 Å². The van der Waals surface area contributed by atoms with E-state index in [0.717, 1.165) is 23.1 Å². The van der Waals surface area contributed by atoms with E-state index in [2.05, 4.69) is 23.2 Å². The third kappa shape index (κ3) is 4.17. The highest BCUT2D eigenvalue weighted by Crippen LogP contribution is 2.25. The van der Waals surface area contributed by atoms with E-state index in [-0.39, 0.29) is 0 Å². The van der Waals surface area contributed by atoms with Gasteiger partial charge in [0.2, 0.25) is 0 Å². The highest BCUT2D eigenvalue weighted by Gasteiger charge is 2.15. The van der Waals surface area contributed by atoms with Crippen LogP contribution in [0.2, 0.25) is 0 Å². The molecular formula is C17H21ClN2OS. The lowest BCUT2D eigenvalue weighted by atomic mass is 10.00. The van der Waals surface area contributed by atoms with Gasteiger partial charge in [-0.25, -0.2) is 9.63 Å². The molecule has 0 radical (unpaired) electrons. The van der Waals surface area contributed by atoms with Crippen LogP contribution in [0.25, 0.3) is 0 Å². The van der Waals surface area contributed by atoms with Crippen molar-refractivity contribution in [3.8, 4) is 0 Å². The molecule has 2 unspecified atom stereocenters. The molecule has 0 heterocycles. The predicted molar refractivity (Wildman–Crippen MR) is 93.0 cm³/mol. The minimum absolute atomic E-state index is 0.439. The Morgan fingerprint density at radius 3 is 2.45 bits per heavy atom. The zero-order chi connectivity index (χ0) is 16.1. The van der Waals surface area contributed by atoms with E-state index in [1.54, 1.807) is 0 Å². The van der Waals surface area contributed by atoms with Crippen molar-refractivity contribution in [2.45, 2.75) is 37.6 Å². The van der Waals surface area contributed by atoms with Gasteiger partial charge in [0.25, 0.3) is 0 Å². The SMILES string of the molecule is CCc1cccc(C)c1C(Cl)NNS(=O)c1ccc(C)cc1. The zero-order valence-corrected chi connectivity index (χ0v) is 14.6. The molecule has 2 rings (SSSR count). The second-order valence-corrected chi connectivity index (χ2v) is 6.84. The van der Waals surface area contributed by atoms with Gasteiger partial charge in [-0.1, -0.05) is 54.4 Å². The van der Waals surface area contributed by atoms with E-state index in [1.165, 1.54) is 5.56 Å². The van der Waals surface area contributed by atoms with Crippen LogP contribution in [-0.4, -0.2) is 4.21 Å². The molecule has 0 bridgehead atoms. The van der Waals surface area contributed by atoms with Gasteiger partial charge in [0.1, 0.15) is 16.5 Å². The largest absolute Gasteiger partial charge is 0.236 e. The van der Waals surface area contributed by atoms with Gasteiger partial charge in [0.15, 0.2) is 0 Å². The molecule has 22 heavy (non-hydrogen) atoms. The lowest BCUT2D eigenvalue weighted by molar-refractivity contribution is 0.612. The maximum atomic E-state index is 12.2. The van der Waals surface area contributed by atoms with Gasteiger partial charge < -0.3 is 0 Å². The van der Waals surface area contributed by atoms with Gasteiger partial charge in [-0.3, -0.25) is 0 Å². The van der Waals surface area contributed by atoms with E-state index in [4.69, 9.17) is 11.6 Å². The van der Waals surface area contributed by atoms with E-state index in [0.29, 0.717) is 4.90 Å². The first-order valence-corrected chi connectivity index (χ1v) is 8.83. The summed E-state index contributed by atoms with van der Waals surface area (Å²) in [4.78, 5) is 3.50. The molecule has 0 aromatic heterocycles. The number of halogens is 1. The Bertz CT molecular complexity index is 658. The molecule has 118 valence electrons. The average Bonchev–Trinajstić information content (AvgIpc) is 2.52. The summed E-state index contributed by atoms with van der Waals surface area (Å²) in [7, 11) is -1.35. The fourth-order valence-electron chi connectivity index (χ4n) is 2.31. The van der Waals surface area contributed by atoms with Crippen molar-refractivity contribution in [2.75, 3.05) is 0 Å². The van der Waals surface area contributed by atoms with Gasteiger partial charge in [0.05, 0.1) is 4.90 Å². The van der Waals surface area contributed by atoms with Crippen LogP contribution >= 0.6 is 11.6 Å². The molecule has 0 fully saturated rings. The summed E-state index contributed by atoms with van der Waals surface area (Å²) >= 11 is 6.44. The highest BCUT2D eigenvalue weighted by molar-refractivity contribution is 7.83. The molecule has 2 aromatic carbocycles. The average molecular weight is 337 g/mol. The van der Waals surface area contributed by atoms with Crippen LogP contribution < -0.4 is 10.3 Å². The molecule has 0 spiro atoms. The maximum absolute atomic E-state index is 12.2. The summed E-state index contributed by atoms with van der Waals surface area (Å²) in [5.41, 5.74) is 6.99. The molecule has 2 atom stereocenters. The Hall–Kier alpha value is -1.20. The number of hydrazine groups is 1. The summed E-state index contributed by atoms with van der Waals surface area (Å²) in [5.74, 6) is 0. The van der Waals surface area contributed by atoms with Crippen molar-refractivity contribution in [1.29, 1.82) is 0 Å². The first kappa shape index (κ1) is 17.2. The third-order valence-electron chi connectivity index (χ3n) is 3.56. The Morgan fingerprint density at radius 2 is 1.82 bits per heavy atom. The first-order valence-electron chi connectivity index (χ1n) is 7.25. The lowest BCUT2D eigenvalue weighted by Crippen LogP contribution is -2.35. The molecule has 0 aliphatic carbocycles. The number of hydrogen-bond acceptors (Lipinski definition) is 2. The Kier molecular flexibility index (Phi) is 6.15. The summed E-state index contributed by atoms with van der Waals surface area (Å²) in [5, 5.41) is 0. The van der Waals surface area contributed by atoms with Crippen LogP contribution in [0.15, 0.2) is 47.4 Å². The fourth-order valence-corrected chi connectivity index (χ4v) is 3.47. The van der Waals surface area contributed by atoms with Crippen LogP contribution in [0.5, 0.6) is 0 Å². The van der Waals surface area contributed by atoms with Crippen LogP contribution in [-0.2, 0) is 17.4 Å². The molecule has 3 nitrogen and oxygen atoms in total. The quantitative estimate of drug-likeness (QED) is 0.477. The van der Waals surface area contributed by atoms with Crippen LogP contribution in [0.1, 0.15) is 34.7 Å². The minimum Gasteiger partial charge on any atom is -0.236 e. The monoisotopic (exact) mass is 336 g/mol. The van der Waals surface area contributed by atoms with Crippen molar-refractivity contribution < 1.29 is 4.21 Å². The Balaban J connectivity index is 2.05. The lowest BCUT2D eigenvalue weighted by Gasteiger charge is -2.18. The van der Waals surface area contributed by atoms with E-state index in [1.807, 2.05) is 50.2 Å². The standard InChI is InChI=1S/C17H21ClN2OS/c1-4-14-7-5-6-13(3)16(14)17(18)19-20-22(21)15-10-8-12(2)9-11-15/h5-11,17,19-20H,4H2,1-3H3. The van der Waals surface area contributed by atoms with E-state index >= 15 is 0 Å². The fraction of sp³-hybridized carbons (Fsp3) is 0.294. The Labute approximate surface area is 139 Å². The minimum atomic E-state index is -1.35. The molecule has 0 aliphatic heterocycles. The summed E-state index contributed by atoms with van der Waals surface area (Å²) in [6.07, 6.45) is 0.906. The van der Waals surface area contributed by atoms with E-state index < -0.39 is 16.5 Å². The summed E-state index contributed by atoms with van der Waals surface area (Å²) in [6.45, 7) is 6.12. The van der Waals surface area contributed by atoms with Gasteiger partial charge in [0, 0.05) is 0 Å². The van der Waals surface area contributed by atoms with Crippen LogP contribution in [0.4, 0.5) is 0 Å². The van der Waals surface area contributed by atoms with Gasteiger partial charge in [-0.2, -0.15) is 4.83 Å². The van der Waals surface area contributed by atoms with Crippen molar-refractivity contribution in [1.82, 2.24) is 10.3 Å². The van der Waals surface area contributed by atoms with Crippen LogP contribution in [0.3, 0.4) is 0 Å². The second-order valence-electron chi connectivity index (χ2n) is 5.19. The van der Waals surface area contributed by atoms with Gasteiger partial charge >= 0.3 is 0 Å². The molecule has 0 amide bonds. The molecule has 2 N–H and O–H groups in total. The number of rotatable bonds is 6. The van der Waals surface area contributed by atoms with Crippen molar-refractivity contribution in [3.05, 3.63) is 64.7 Å². The molecule has 0 saturated heterocycles. The van der Waals surface area contributed by atoms with E-state index in [9.17, 15) is 4.21 Å². The molecular weight excluding hydrogens is 316 g/mol. The highest BCUT2D eigenvalue weighted by atomic mass is 35.5. The number of nitrogens with one attached hydrogen (secondary N) is 2. The smallest absolute Gasteiger partial charge is 0.138 e. The number of alkyl halides is 1. The molecule has 0 aliphatic rings. The van der Waals surface area contributed by atoms with Crippen molar-refractivity contribution in [3.63, 3.8) is 0 Å².